The van der Waals surface area contributed by atoms with Crippen LogP contribution in [0.25, 0.3) is 11.0 Å². The second-order valence-corrected chi connectivity index (χ2v) is 5.81. The Kier molecular flexibility index (Phi) is 4.08. The van der Waals surface area contributed by atoms with Crippen LogP contribution in [0.4, 0.5) is 11.8 Å². The first-order valence-corrected chi connectivity index (χ1v) is 7.56. The van der Waals surface area contributed by atoms with Crippen LogP contribution >= 0.6 is 0 Å². The SMILES string of the molecule is CNc1nc(N[C@H]2CNC[C@@H](O)C2)nc2nc(C)cc(C)c12. The summed E-state index contributed by atoms with van der Waals surface area (Å²) in [7, 11) is 1.84. The van der Waals surface area contributed by atoms with Gasteiger partial charge in [-0.15, -0.1) is 0 Å². The molecule has 4 N–H and O–H groups in total. The van der Waals surface area contributed by atoms with Crippen LogP contribution in [-0.4, -0.2) is 52.3 Å². The minimum Gasteiger partial charge on any atom is -0.392 e. The zero-order valence-corrected chi connectivity index (χ0v) is 13.1. The van der Waals surface area contributed by atoms with Crippen molar-refractivity contribution < 1.29 is 5.11 Å². The normalized spacial score (nSPS) is 21.8. The van der Waals surface area contributed by atoms with Crippen molar-refractivity contribution in [1.29, 1.82) is 0 Å². The van der Waals surface area contributed by atoms with Crippen molar-refractivity contribution in [3.63, 3.8) is 0 Å². The fraction of sp³-hybridized carbons (Fsp3) is 0.533. The summed E-state index contributed by atoms with van der Waals surface area (Å²) in [6.07, 6.45) is 0.349. The number of aliphatic hydroxyl groups excluding tert-OH is 1. The topological polar surface area (TPSA) is 95.0 Å². The molecule has 2 aromatic rings. The van der Waals surface area contributed by atoms with E-state index in [0.717, 1.165) is 29.0 Å². The lowest BCUT2D eigenvalue weighted by molar-refractivity contribution is 0.136. The molecule has 0 saturated carbocycles. The van der Waals surface area contributed by atoms with Crippen molar-refractivity contribution in [3.05, 3.63) is 17.3 Å². The molecule has 1 saturated heterocycles. The number of aromatic nitrogens is 3. The number of aliphatic hydroxyl groups is 1. The Morgan fingerprint density at radius 2 is 2.05 bits per heavy atom. The maximum atomic E-state index is 9.73. The molecule has 7 heteroatoms. The van der Waals surface area contributed by atoms with Gasteiger partial charge in [-0.3, -0.25) is 0 Å². The zero-order chi connectivity index (χ0) is 15.7. The van der Waals surface area contributed by atoms with Gasteiger partial charge < -0.3 is 21.1 Å². The molecular weight excluding hydrogens is 280 g/mol. The van der Waals surface area contributed by atoms with E-state index in [1.807, 2.05) is 27.0 Å². The second kappa shape index (κ2) is 6.02. The third kappa shape index (κ3) is 2.95. The van der Waals surface area contributed by atoms with Gasteiger partial charge in [-0.1, -0.05) is 0 Å². The van der Waals surface area contributed by atoms with Gasteiger partial charge in [-0.25, -0.2) is 4.98 Å². The fourth-order valence-electron chi connectivity index (χ4n) is 2.94. The lowest BCUT2D eigenvalue weighted by Crippen LogP contribution is -2.46. The number of nitrogens with zero attached hydrogens (tertiary/aromatic N) is 3. The van der Waals surface area contributed by atoms with Crippen molar-refractivity contribution in [3.8, 4) is 0 Å². The Bertz CT molecular complexity index is 689. The Labute approximate surface area is 129 Å². The average molecular weight is 302 g/mol. The molecule has 0 spiro atoms. The third-order valence-electron chi connectivity index (χ3n) is 3.89. The summed E-state index contributed by atoms with van der Waals surface area (Å²) in [6, 6.07) is 2.14. The van der Waals surface area contributed by atoms with Gasteiger partial charge in [-0.05, 0) is 31.9 Å². The standard InChI is InChI=1S/C15H22N6O/c1-8-4-9(2)18-14-12(8)13(16-3)20-15(21-14)19-10-5-11(22)7-17-6-10/h4,10-11,17,22H,5-7H2,1-3H3,(H2,16,18,19,20,21)/t10-,11+/m1/s1. The van der Waals surface area contributed by atoms with E-state index in [0.29, 0.717) is 24.6 Å². The van der Waals surface area contributed by atoms with Crippen molar-refractivity contribution >= 4 is 22.8 Å². The predicted octanol–water partition coefficient (Wildman–Crippen LogP) is 0.818. The van der Waals surface area contributed by atoms with Crippen LogP contribution < -0.4 is 16.0 Å². The van der Waals surface area contributed by atoms with Crippen LogP contribution in [0.2, 0.25) is 0 Å². The summed E-state index contributed by atoms with van der Waals surface area (Å²) >= 11 is 0. The second-order valence-electron chi connectivity index (χ2n) is 5.81. The largest absolute Gasteiger partial charge is 0.392 e. The van der Waals surface area contributed by atoms with Crippen LogP contribution in [0.15, 0.2) is 6.07 Å². The van der Waals surface area contributed by atoms with E-state index in [-0.39, 0.29) is 12.1 Å². The molecule has 1 fully saturated rings. The van der Waals surface area contributed by atoms with E-state index in [2.05, 4.69) is 30.9 Å². The molecule has 1 aliphatic heterocycles. The molecule has 3 heterocycles. The quantitative estimate of drug-likeness (QED) is 0.666. The predicted molar refractivity (Wildman–Crippen MR) is 87.3 cm³/mol. The lowest BCUT2D eigenvalue weighted by Gasteiger charge is -2.27. The van der Waals surface area contributed by atoms with Crippen LogP contribution in [0.1, 0.15) is 17.7 Å². The van der Waals surface area contributed by atoms with Crippen molar-refractivity contribution in [2.24, 2.45) is 0 Å². The van der Waals surface area contributed by atoms with Gasteiger partial charge in [0.15, 0.2) is 5.65 Å². The molecule has 2 atom stereocenters. The maximum absolute atomic E-state index is 9.73. The van der Waals surface area contributed by atoms with Crippen LogP contribution in [0.5, 0.6) is 0 Å². The zero-order valence-electron chi connectivity index (χ0n) is 13.1. The number of anilines is 2. The highest BCUT2D eigenvalue weighted by molar-refractivity contribution is 5.90. The Balaban J connectivity index is 1.96. The molecule has 0 radical (unpaired) electrons. The Morgan fingerprint density at radius 3 is 2.77 bits per heavy atom. The van der Waals surface area contributed by atoms with E-state index in [9.17, 15) is 5.11 Å². The van der Waals surface area contributed by atoms with Gasteiger partial charge in [0.05, 0.1) is 11.5 Å². The highest BCUT2D eigenvalue weighted by atomic mass is 16.3. The molecule has 7 nitrogen and oxygen atoms in total. The number of β-amino-alcohol motifs (C(OH)–C–C–N with tert-alkyl or cyclic N) is 1. The summed E-state index contributed by atoms with van der Waals surface area (Å²) in [5.41, 5.74) is 2.73. The summed E-state index contributed by atoms with van der Waals surface area (Å²) in [5, 5.41) is 20.3. The number of piperidine rings is 1. The van der Waals surface area contributed by atoms with E-state index in [4.69, 9.17) is 0 Å². The number of hydrogen-bond acceptors (Lipinski definition) is 7. The first kappa shape index (κ1) is 14.9. The van der Waals surface area contributed by atoms with Crippen LogP contribution in [0.3, 0.4) is 0 Å². The molecule has 0 unspecified atom stereocenters. The summed E-state index contributed by atoms with van der Waals surface area (Å²) in [4.78, 5) is 13.6. The molecule has 0 aromatic carbocycles. The van der Waals surface area contributed by atoms with Crippen molar-refractivity contribution in [2.75, 3.05) is 30.8 Å². The van der Waals surface area contributed by atoms with E-state index in [1.165, 1.54) is 0 Å². The van der Waals surface area contributed by atoms with Crippen molar-refractivity contribution in [1.82, 2.24) is 20.3 Å². The Hall–Kier alpha value is -1.99. The number of rotatable bonds is 3. The summed E-state index contributed by atoms with van der Waals surface area (Å²) in [5.74, 6) is 1.30. The molecular formula is C15H22N6O. The highest BCUT2D eigenvalue weighted by Crippen LogP contribution is 2.25. The number of fused-ring (bicyclic) bond motifs is 1. The summed E-state index contributed by atoms with van der Waals surface area (Å²) < 4.78 is 0. The first-order chi connectivity index (χ1) is 10.6. The molecule has 0 bridgehead atoms. The molecule has 22 heavy (non-hydrogen) atoms. The van der Waals surface area contributed by atoms with E-state index >= 15 is 0 Å². The van der Waals surface area contributed by atoms with Crippen molar-refractivity contribution in [2.45, 2.75) is 32.4 Å². The smallest absolute Gasteiger partial charge is 0.226 e. The Morgan fingerprint density at radius 1 is 1.23 bits per heavy atom. The number of pyridine rings is 1. The summed E-state index contributed by atoms with van der Waals surface area (Å²) in [6.45, 7) is 5.42. The molecule has 1 aliphatic rings. The van der Waals surface area contributed by atoms with Gasteiger partial charge in [0.2, 0.25) is 5.95 Å². The molecule has 0 amide bonds. The van der Waals surface area contributed by atoms with Gasteiger partial charge in [-0.2, -0.15) is 9.97 Å². The maximum Gasteiger partial charge on any atom is 0.226 e. The van der Waals surface area contributed by atoms with Gasteiger partial charge >= 0.3 is 0 Å². The minimum atomic E-state index is -0.335. The van der Waals surface area contributed by atoms with Gasteiger partial charge in [0.1, 0.15) is 5.82 Å². The van der Waals surface area contributed by atoms with Crippen LogP contribution in [-0.2, 0) is 0 Å². The average Bonchev–Trinajstić information content (AvgIpc) is 2.45. The number of aryl methyl sites for hydroxylation is 2. The van der Waals surface area contributed by atoms with E-state index < -0.39 is 0 Å². The molecule has 3 rings (SSSR count). The molecule has 2 aromatic heterocycles. The number of hydrogen-bond donors (Lipinski definition) is 4. The highest BCUT2D eigenvalue weighted by Gasteiger charge is 2.21. The number of nitrogens with one attached hydrogen (secondary N) is 3. The minimum absolute atomic E-state index is 0.108. The molecule has 0 aliphatic carbocycles. The lowest BCUT2D eigenvalue weighted by atomic mass is 10.1. The van der Waals surface area contributed by atoms with Gasteiger partial charge in [0.25, 0.3) is 0 Å². The fourth-order valence-corrected chi connectivity index (χ4v) is 2.94. The third-order valence-corrected chi connectivity index (χ3v) is 3.89. The monoisotopic (exact) mass is 302 g/mol. The first-order valence-electron chi connectivity index (χ1n) is 7.56. The van der Waals surface area contributed by atoms with E-state index in [1.54, 1.807) is 0 Å². The van der Waals surface area contributed by atoms with Crippen LogP contribution in [0, 0.1) is 13.8 Å². The van der Waals surface area contributed by atoms with Gasteiger partial charge in [0, 0.05) is 31.9 Å². The molecule has 118 valence electrons.